The fraction of sp³-hybridized carbons (Fsp3) is 0.481. The predicted molar refractivity (Wildman–Crippen MR) is 151 cm³/mol. The molecular formula is C27H38BrN3O5S. The van der Waals surface area contributed by atoms with Crippen LogP contribution >= 0.6 is 15.9 Å². The zero-order chi connectivity index (χ0) is 27.8. The zero-order valence-electron chi connectivity index (χ0n) is 22.5. The molecule has 2 rings (SSSR count). The maximum Gasteiger partial charge on any atom is 0.242 e. The minimum absolute atomic E-state index is 0.0875. The van der Waals surface area contributed by atoms with Crippen LogP contribution in [0.25, 0.3) is 0 Å². The van der Waals surface area contributed by atoms with Gasteiger partial charge in [-0.05, 0) is 83.0 Å². The van der Waals surface area contributed by atoms with E-state index >= 15 is 0 Å². The van der Waals surface area contributed by atoms with Crippen molar-refractivity contribution in [2.75, 3.05) is 23.7 Å². The summed E-state index contributed by atoms with van der Waals surface area (Å²) in [7, 11) is -3.57. The molecule has 2 aromatic carbocycles. The molecule has 1 N–H and O–H groups in total. The van der Waals surface area contributed by atoms with Crippen molar-refractivity contribution < 1.29 is 22.7 Å². The quantitative estimate of drug-likeness (QED) is 0.383. The fourth-order valence-electron chi connectivity index (χ4n) is 3.77. The molecule has 10 heteroatoms. The first-order chi connectivity index (χ1) is 17.2. The zero-order valence-corrected chi connectivity index (χ0v) is 24.9. The number of ether oxygens (including phenoxy) is 1. The van der Waals surface area contributed by atoms with E-state index in [-0.39, 0.29) is 31.3 Å². The molecule has 0 unspecified atom stereocenters. The van der Waals surface area contributed by atoms with E-state index in [1.807, 2.05) is 52.0 Å². The normalized spacial score (nSPS) is 12.5. The Morgan fingerprint density at radius 3 is 2.30 bits per heavy atom. The second-order valence-electron chi connectivity index (χ2n) is 9.93. The van der Waals surface area contributed by atoms with Gasteiger partial charge in [0.15, 0.2) is 0 Å². The monoisotopic (exact) mass is 595 g/mol. The van der Waals surface area contributed by atoms with Crippen LogP contribution < -0.4 is 14.4 Å². The van der Waals surface area contributed by atoms with Crippen molar-refractivity contribution in [3.8, 4) is 5.75 Å². The minimum atomic E-state index is -3.57. The van der Waals surface area contributed by atoms with Gasteiger partial charge in [-0.15, -0.1) is 0 Å². The number of hydrogen-bond acceptors (Lipinski definition) is 5. The van der Waals surface area contributed by atoms with E-state index in [4.69, 9.17) is 4.74 Å². The van der Waals surface area contributed by atoms with Crippen molar-refractivity contribution in [3.63, 3.8) is 0 Å². The Kier molecular flexibility index (Phi) is 11.0. The van der Waals surface area contributed by atoms with Crippen molar-refractivity contribution in [1.29, 1.82) is 0 Å². The lowest BCUT2D eigenvalue weighted by molar-refractivity contribution is -0.141. The summed E-state index contributed by atoms with van der Waals surface area (Å²) in [4.78, 5) is 27.8. The minimum Gasteiger partial charge on any atom is -0.494 e. The number of carbonyl (C=O) groups is 2. The van der Waals surface area contributed by atoms with Crippen LogP contribution in [0.15, 0.2) is 53.0 Å². The molecule has 2 aromatic rings. The number of halogens is 1. The first-order valence-electron chi connectivity index (χ1n) is 12.3. The average Bonchev–Trinajstić information content (AvgIpc) is 2.79. The number of sulfonamides is 1. The molecule has 0 radical (unpaired) electrons. The Balaban J connectivity index is 2.18. The first-order valence-corrected chi connectivity index (χ1v) is 14.9. The number of amides is 2. The Morgan fingerprint density at radius 2 is 1.76 bits per heavy atom. The lowest BCUT2D eigenvalue weighted by atomic mass is 10.1. The van der Waals surface area contributed by atoms with E-state index in [0.717, 1.165) is 16.3 Å². The lowest BCUT2D eigenvalue weighted by Gasteiger charge is -2.32. The molecule has 37 heavy (non-hydrogen) atoms. The van der Waals surface area contributed by atoms with E-state index in [0.29, 0.717) is 24.5 Å². The molecule has 2 amide bonds. The summed E-state index contributed by atoms with van der Waals surface area (Å²) >= 11 is 3.45. The fourth-order valence-corrected chi connectivity index (χ4v) is 5.18. The van der Waals surface area contributed by atoms with E-state index in [2.05, 4.69) is 21.2 Å². The van der Waals surface area contributed by atoms with Gasteiger partial charge in [-0.3, -0.25) is 13.9 Å². The summed E-state index contributed by atoms with van der Waals surface area (Å²) in [5, 5.41) is 2.94. The number of carbonyl (C=O) groups excluding carboxylic acids is 2. The molecular weight excluding hydrogens is 558 g/mol. The average molecular weight is 597 g/mol. The Bertz CT molecular complexity index is 1160. The third kappa shape index (κ3) is 10.0. The molecule has 0 aromatic heterocycles. The maximum absolute atomic E-state index is 13.4. The van der Waals surface area contributed by atoms with Crippen LogP contribution in [0.5, 0.6) is 5.75 Å². The van der Waals surface area contributed by atoms with Crippen LogP contribution in [-0.4, -0.2) is 56.1 Å². The van der Waals surface area contributed by atoms with Crippen LogP contribution in [0, 0.1) is 0 Å². The summed E-state index contributed by atoms with van der Waals surface area (Å²) in [6.07, 6.45) is 1.52. The molecule has 1 atom stereocenters. The van der Waals surface area contributed by atoms with E-state index in [1.54, 1.807) is 36.1 Å². The molecule has 0 heterocycles. The smallest absolute Gasteiger partial charge is 0.242 e. The van der Waals surface area contributed by atoms with Gasteiger partial charge < -0.3 is 15.0 Å². The summed E-state index contributed by atoms with van der Waals surface area (Å²) in [5.74, 6) is 0.181. The highest BCUT2D eigenvalue weighted by molar-refractivity contribution is 9.10. The topological polar surface area (TPSA) is 96.0 Å². The van der Waals surface area contributed by atoms with Gasteiger partial charge in [0.05, 0.1) is 18.6 Å². The summed E-state index contributed by atoms with van der Waals surface area (Å²) in [6, 6.07) is 13.7. The highest BCUT2D eigenvalue weighted by Crippen LogP contribution is 2.23. The van der Waals surface area contributed by atoms with Crippen LogP contribution in [0.1, 0.15) is 53.0 Å². The van der Waals surface area contributed by atoms with Gasteiger partial charge in [0.1, 0.15) is 11.8 Å². The van der Waals surface area contributed by atoms with Crippen molar-refractivity contribution >= 4 is 43.5 Å². The highest BCUT2D eigenvalue weighted by Gasteiger charge is 2.28. The molecule has 0 bridgehead atoms. The number of hydrogen-bond donors (Lipinski definition) is 1. The van der Waals surface area contributed by atoms with Crippen LogP contribution in [-0.2, 0) is 26.2 Å². The lowest BCUT2D eigenvalue weighted by Crippen LogP contribution is -2.52. The van der Waals surface area contributed by atoms with E-state index < -0.39 is 21.6 Å². The van der Waals surface area contributed by atoms with Crippen LogP contribution in [0.3, 0.4) is 0 Å². The van der Waals surface area contributed by atoms with E-state index in [9.17, 15) is 18.0 Å². The molecule has 0 saturated carbocycles. The molecule has 0 aliphatic heterocycles. The summed E-state index contributed by atoms with van der Waals surface area (Å²) in [6.45, 7) is 10.1. The number of nitrogens with one attached hydrogen (secondary N) is 1. The summed E-state index contributed by atoms with van der Waals surface area (Å²) in [5.41, 5.74) is 0.941. The second kappa shape index (κ2) is 13.3. The Hall–Kier alpha value is -2.59. The van der Waals surface area contributed by atoms with Gasteiger partial charge >= 0.3 is 0 Å². The van der Waals surface area contributed by atoms with Crippen LogP contribution in [0.2, 0.25) is 0 Å². The molecule has 8 nitrogen and oxygen atoms in total. The Morgan fingerprint density at radius 1 is 1.11 bits per heavy atom. The summed E-state index contributed by atoms with van der Waals surface area (Å²) < 4.78 is 32.6. The Labute approximate surface area is 229 Å². The van der Waals surface area contributed by atoms with Crippen molar-refractivity contribution in [2.24, 2.45) is 0 Å². The SMILES string of the molecule is CCOc1ccc(N(CCCC(=O)N(Cc2cccc(Br)c2)[C@@H](C)C(=O)NC(C)(C)C)S(C)(=O)=O)cc1. The molecule has 0 aliphatic carbocycles. The van der Waals surface area contributed by atoms with Crippen LogP contribution in [0.4, 0.5) is 5.69 Å². The number of rotatable bonds is 12. The number of benzene rings is 2. The van der Waals surface area contributed by atoms with Crippen molar-refractivity contribution in [2.45, 2.75) is 65.6 Å². The van der Waals surface area contributed by atoms with Crippen molar-refractivity contribution in [3.05, 3.63) is 58.6 Å². The number of nitrogens with zero attached hydrogens (tertiary/aromatic N) is 2. The molecule has 0 saturated heterocycles. The maximum atomic E-state index is 13.4. The third-order valence-electron chi connectivity index (χ3n) is 5.50. The highest BCUT2D eigenvalue weighted by atomic mass is 79.9. The first kappa shape index (κ1) is 30.6. The molecule has 0 fully saturated rings. The predicted octanol–water partition coefficient (Wildman–Crippen LogP) is 4.73. The molecule has 0 aliphatic rings. The van der Waals surface area contributed by atoms with Crippen molar-refractivity contribution in [1.82, 2.24) is 10.2 Å². The standard InChI is InChI=1S/C27H38BrN3O5S/c1-7-36-24-15-13-23(14-16-24)31(37(6,34)35)17-9-12-25(32)30(19-21-10-8-11-22(28)18-21)20(2)26(33)29-27(3,4)5/h8,10-11,13-16,18,20H,7,9,12,17,19H2,1-6H3,(H,29,33)/t20-/m0/s1. The molecule has 0 spiro atoms. The number of anilines is 1. The largest absolute Gasteiger partial charge is 0.494 e. The van der Waals surface area contributed by atoms with Gasteiger partial charge in [0.25, 0.3) is 0 Å². The third-order valence-corrected chi connectivity index (χ3v) is 7.18. The van der Waals surface area contributed by atoms with E-state index in [1.165, 1.54) is 4.31 Å². The van der Waals surface area contributed by atoms with Gasteiger partial charge in [-0.2, -0.15) is 0 Å². The molecule has 204 valence electrons. The second-order valence-corrected chi connectivity index (χ2v) is 12.8. The van der Waals surface area contributed by atoms with Gasteiger partial charge in [0, 0.05) is 29.5 Å². The van der Waals surface area contributed by atoms with Gasteiger partial charge in [-0.25, -0.2) is 8.42 Å². The van der Waals surface area contributed by atoms with Gasteiger partial charge in [0.2, 0.25) is 21.8 Å². The van der Waals surface area contributed by atoms with Gasteiger partial charge in [-0.1, -0.05) is 28.1 Å².